The van der Waals surface area contributed by atoms with Gasteiger partial charge in [-0.25, -0.2) is 18.6 Å². The fourth-order valence-corrected chi connectivity index (χ4v) is 8.79. The summed E-state index contributed by atoms with van der Waals surface area (Å²) in [6.07, 6.45) is 1.93. The van der Waals surface area contributed by atoms with Crippen LogP contribution in [0.3, 0.4) is 0 Å². The fraction of sp³-hybridized carbons (Fsp3) is 0.167. The Hall–Kier alpha value is -5.44. The minimum Gasteiger partial charge on any atom is -0.329 e. The Kier molecular flexibility index (Phi) is 5.09. The molecule has 1 saturated carbocycles. The molecule has 45 heavy (non-hydrogen) atoms. The Morgan fingerprint density at radius 2 is 1.02 bits per heavy atom. The second kappa shape index (κ2) is 8.81. The monoisotopic (exact) mass is 599 g/mol. The summed E-state index contributed by atoms with van der Waals surface area (Å²) >= 11 is 0. The molecule has 6 atom stereocenters. The molecule has 0 radical (unpaired) electrons. The van der Waals surface area contributed by atoms with Crippen molar-refractivity contribution < 1.29 is 28.0 Å². The second-order valence-corrected chi connectivity index (χ2v) is 12.2. The Labute approximate surface area is 256 Å². The first-order chi connectivity index (χ1) is 21.8. The van der Waals surface area contributed by atoms with Crippen molar-refractivity contribution in [3.8, 4) is 0 Å². The van der Waals surface area contributed by atoms with Crippen molar-refractivity contribution in [2.45, 2.75) is 5.54 Å². The van der Waals surface area contributed by atoms with Gasteiger partial charge in [0, 0.05) is 22.9 Å². The highest BCUT2D eigenvalue weighted by molar-refractivity contribution is 6.29. The summed E-state index contributed by atoms with van der Waals surface area (Å²) in [6.45, 7) is 0. The normalized spacial score (nSPS) is 29.2. The summed E-state index contributed by atoms with van der Waals surface area (Å²) in [4.78, 5) is 62.5. The number of para-hydroxylation sites is 2. The molecule has 4 amide bonds. The predicted octanol–water partition coefficient (Wildman–Crippen LogP) is 5.49. The molecule has 7 nitrogen and oxygen atoms in total. The van der Waals surface area contributed by atoms with Crippen LogP contribution in [0.1, 0.15) is 5.56 Å². The van der Waals surface area contributed by atoms with Gasteiger partial charge >= 0.3 is 0 Å². The maximum Gasteiger partial charge on any atom is 0.240 e. The fourth-order valence-electron chi connectivity index (χ4n) is 8.79. The van der Waals surface area contributed by atoms with Gasteiger partial charge in [0.15, 0.2) is 0 Å². The van der Waals surface area contributed by atoms with E-state index in [1.54, 1.807) is 0 Å². The van der Waals surface area contributed by atoms with Crippen LogP contribution in [-0.2, 0) is 19.2 Å². The van der Waals surface area contributed by atoms with Crippen molar-refractivity contribution in [1.82, 2.24) is 0 Å². The number of amides is 4. The molecular formula is C36H23F2N3O4. The van der Waals surface area contributed by atoms with Gasteiger partial charge in [0.1, 0.15) is 11.6 Å². The number of carbonyl (C=O) groups is 4. The van der Waals surface area contributed by atoms with Gasteiger partial charge in [0.2, 0.25) is 23.6 Å². The zero-order chi connectivity index (χ0) is 30.8. The molecule has 4 aromatic rings. The van der Waals surface area contributed by atoms with Crippen molar-refractivity contribution in [2.24, 2.45) is 29.6 Å². The molecule has 2 unspecified atom stereocenters. The van der Waals surface area contributed by atoms with Gasteiger partial charge in [-0.2, -0.15) is 0 Å². The molecule has 0 aromatic heterocycles. The van der Waals surface area contributed by atoms with Crippen molar-refractivity contribution in [3.63, 3.8) is 0 Å². The lowest BCUT2D eigenvalue weighted by molar-refractivity contribution is -0.138. The van der Waals surface area contributed by atoms with Gasteiger partial charge in [0.25, 0.3) is 0 Å². The van der Waals surface area contributed by atoms with Crippen molar-refractivity contribution in [2.75, 3.05) is 14.7 Å². The van der Waals surface area contributed by atoms with Gasteiger partial charge in [-0.05, 0) is 72.3 Å². The lowest BCUT2D eigenvalue weighted by Gasteiger charge is -2.57. The van der Waals surface area contributed by atoms with E-state index in [9.17, 15) is 28.0 Å². The molecule has 1 spiro atoms. The maximum absolute atomic E-state index is 14.8. The summed E-state index contributed by atoms with van der Waals surface area (Å²) in [5, 5.41) is 0. The van der Waals surface area contributed by atoms with Gasteiger partial charge in [0.05, 0.1) is 40.6 Å². The molecule has 2 bridgehead atoms. The van der Waals surface area contributed by atoms with E-state index >= 15 is 0 Å². The molecule has 3 aliphatic carbocycles. The zero-order valence-electron chi connectivity index (χ0n) is 23.5. The van der Waals surface area contributed by atoms with Crippen LogP contribution in [0.4, 0.5) is 31.5 Å². The Morgan fingerprint density at radius 1 is 0.533 bits per heavy atom. The molecule has 2 saturated heterocycles. The maximum atomic E-state index is 14.8. The number of benzene rings is 4. The van der Waals surface area contributed by atoms with Crippen molar-refractivity contribution >= 4 is 52.0 Å². The topological polar surface area (TPSA) is 78.0 Å². The van der Waals surface area contributed by atoms with Crippen LogP contribution in [0.25, 0.3) is 5.57 Å². The van der Waals surface area contributed by atoms with Crippen LogP contribution < -0.4 is 14.7 Å². The van der Waals surface area contributed by atoms with Gasteiger partial charge in [-0.15, -0.1) is 0 Å². The highest BCUT2D eigenvalue weighted by atomic mass is 19.1. The van der Waals surface area contributed by atoms with E-state index < -0.39 is 70.4 Å². The zero-order valence-corrected chi connectivity index (χ0v) is 23.5. The van der Waals surface area contributed by atoms with Crippen molar-refractivity contribution in [3.05, 3.63) is 126 Å². The molecule has 0 N–H and O–H groups in total. The Morgan fingerprint density at radius 3 is 1.56 bits per heavy atom. The quantitative estimate of drug-likeness (QED) is 0.291. The highest BCUT2D eigenvalue weighted by Gasteiger charge is 2.80. The molecular weight excluding hydrogens is 576 g/mol. The van der Waals surface area contributed by atoms with E-state index in [-0.39, 0.29) is 11.4 Å². The number of rotatable bonds is 3. The number of nitrogens with zero attached hydrogens (tertiary/aromatic N) is 3. The van der Waals surface area contributed by atoms with E-state index in [0.717, 1.165) is 26.6 Å². The molecule has 10 rings (SSSR count). The van der Waals surface area contributed by atoms with Crippen LogP contribution in [0, 0.1) is 41.2 Å². The van der Waals surface area contributed by atoms with Crippen LogP contribution in [0.2, 0.25) is 0 Å². The van der Waals surface area contributed by atoms with Gasteiger partial charge in [-0.3, -0.25) is 19.2 Å². The lowest BCUT2D eigenvalue weighted by Crippen LogP contribution is -2.68. The van der Waals surface area contributed by atoms with E-state index in [2.05, 4.69) is 0 Å². The number of halogens is 2. The van der Waals surface area contributed by atoms with Crippen LogP contribution in [0.15, 0.2) is 109 Å². The number of fused-ring (bicyclic) bond motifs is 1. The first-order valence-corrected chi connectivity index (χ1v) is 14.8. The van der Waals surface area contributed by atoms with Crippen LogP contribution >= 0.6 is 0 Å². The van der Waals surface area contributed by atoms with Crippen molar-refractivity contribution in [1.29, 1.82) is 0 Å². The Balaban J connectivity index is 1.32. The first kappa shape index (κ1) is 26.0. The Bertz CT molecular complexity index is 1920. The molecule has 3 aliphatic heterocycles. The SMILES string of the molecule is O=C1[C@@H]2C3C=C4c5ccccc5N(c5ccccc5)C4([C@@H]2C(=O)N1c1ccc(F)cc1)[C@H]1C(=O)N(c2ccc(F)cc2)C(=O)[C@@H]31. The largest absolute Gasteiger partial charge is 0.329 e. The number of hydrogen-bond donors (Lipinski definition) is 0. The standard InChI is InChI=1S/C36H23F2N3O4/c37-19-10-14-21(15-11-19)39-32(42)28-25-18-26-24-8-4-5-9-27(24)41(23-6-2-1-3-7-23)36(26,30(28)34(39)44)31-29(25)33(43)40(35(31)45)22-16-12-20(38)13-17-22/h1-18,25,28-31H/t25?,28-,29+,30+,31-,36?. The molecule has 4 aromatic carbocycles. The van der Waals surface area contributed by atoms with Gasteiger partial charge < -0.3 is 4.90 Å². The third kappa shape index (κ3) is 3.07. The average molecular weight is 600 g/mol. The number of imide groups is 2. The molecule has 3 fully saturated rings. The van der Waals surface area contributed by atoms with E-state index in [4.69, 9.17) is 0 Å². The minimum absolute atomic E-state index is 0.232. The highest BCUT2D eigenvalue weighted by Crippen LogP contribution is 2.71. The molecule has 3 heterocycles. The summed E-state index contributed by atoms with van der Waals surface area (Å²) in [5.74, 6) is -7.70. The van der Waals surface area contributed by atoms with Crippen LogP contribution in [-0.4, -0.2) is 29.2 Å². The minimum atomic E-state index is -1.43. The molecule has 220 valence electrons. The summed E-state index contributed by atoms with van der Waals surface area (Å²) in [5.41, 5.74) is 2.05. The summed E-state index contributed by atoms with van der Waals surface area (Å²) in [7, 11) is 0. The van der Waals surface area contributed by atoms with E-state index in [0.29, 0.717) is 5.69 Å². The smallest absolute Gasteiger partial charge is 0.240 e. The number of carbonyl (C=O) groups excluding carboxylic acids is 4. The van der Waals surface area contributed by atoms with E-state index in [1.165, 1.54) is 48.5 Å². The third-order valence-corrected chi connectivity index (χ3v) is 10.3. The molecule has 9 heteroatoms. The van der Waals surface area contributed by atoms with Gasteiger partial charge in [-0.1, -0.05) is 42.5 Å². The predicted molar refractivity (Wildman–Crippen MR) is 161 cm³/mol. The molecule has 6 aliphatic rings. The summed E-state index contributed by atoms with van der Waals surface area (Å²) in [6, 6.07) is 27.3. The second-order valence-electron chi connectivity index (χ2n) is 12.2. The third-order valence-electron chi connectivity index (χ3n) is 10.3. The lowest BCUT2D eigenvalue weighted by atomic mass is 9.47. The number of hydrogen-bond acceptors (Lipinski definition) is 5. The first-order valence-electron chi connectivity index (χ1n) is 14.8. The van der Waals surface area contributed by atoms with E-state index in [1.807, 2.05) is 65.6 Å². The summed E-state index contributed by atoms with van der Waals surface area (Å²) < 4.78 is 27.8. The number of anilines is 4. The number of allylic oxidation sites excluding steroid dienone is 1. The average Bonchev–Trinajstić information content (AvgIpc) is 3.62. The van der Waals surface area contributed by atoms with Crippen LogP contribution in [0.5, 0.6) is 0 Å².